The molecule has 2 heterocycles. The molecule has 0 radical (unpaired) electrons. The van der Waals surface area contributed by atoms with Gasteiger partial charge in [-0.3, -0.25) is 24.8 Å². The van der Waals surface area contributed by atoms with E-state index in [-0.39, 0.29) is 41.6 Å². The number of pyridine rings is 1. The number of benzene rings is 1. The van der Waals surface area contributed by atoms with Crippen LogP contribution in [-0.2, 0) is 16.0 Å². The van der Waals surface area contributed by atoms with Crippen molar-refractivity contribution >= 4 is 54.2 Å². The summed E-state index contributed by atoms with van der Waals surface area (Å²) in [6, 6.07) is 7.48. The van der Waals surface area contributed by atoms with Crippen molar-refractivity contribution in [2.24, 2.45) is 11.7 Å². The van der Waals surface area contributed by atoms with Gasteiger partial charge in [0.15, 0.2) is 11.0 Å². The Kier molecular flexibility index (Phi) is 13.7. The number of rotatable bonds is 16. The second-order valence-electron chi connectivity index (χ2n) is 11.3. The summed E-state index contributed by atoms with van der Waals surface area (Å²) < 4.78 is 0. The molecular formula is C31H42BN9O4S. The molecule has 0 saturated carbocycles. The molecule has 0 saturated heterocycles. The fraction of sp³-hybridized carbons (Fsp3) is 0.387. The number of thiazole rings is 1. The standard InChI is InChI=1S/C31H42BN9O4S/c1-18(2)25(28(44)39-23(7-5-13-37-30(33)34)26(42)29-36-14-15-46-29)41-27(43)24(16-20-6-4-12-35-17-20)40-31(45)38-19(3)21-8-10-22(32)11-9-21/h4,6,8-12,14-15,17-19,23-25H,5,7,13,16,32H2,1-3H3,(H,39,44)(H,41,43)(H4,33,34,37)(H2,38,40,45)/t19-,23+,24+,25+/m1/s1. The monoisotopic (exact) mass is 647 g/mol. The zero-order valence-electron chi connectivity index (χ0n) is 26.5. The molecule has 0 aliphatic heterocycles. The van der Waals surface area contributed by atoms with E-state index in [1.807, 2.05) is 39.0 Å². The van der Waals surface area contributed by atoms with Crippen molar-refractivity contribution < 1.29 is 19.2 Å². The number of Topliss-reactive ketones (excluding diaryl/α,β-unsaturated/α-hetero) is 1. The minimum Gasteiger partial charge on any atom is -0.370 e. The van der Waals surface area contributed by atoms with E-state index in [0.717, 1.165) is 11.0 Å². The molecule has 15 heteroatoms. The van der Waals surface area contributed by atoms with Crippen molar-refractivity contribution in [3.63, 3.8) is 0 Å². The lowest BCUT2D eigenvalue weighted by molar-refractivity contribution is -0.131. The van der Waals surface area contributed by atoms with Gasteiger partial charge in [0.1, 0.15) is 19.9 Å². The van der Waals surface area contributed by atoms with Crippen molar-refractivity contribution in [2.45, 2.75) is 64.2 Å². The summed E-state index contributed by atoms with van der Waals surface area (Å²) in [7, 11) is 1.98. The quantitative estimate of drug-likeness (QED) is 0.0383. The van der Waals surface area contributed by atoms with Gasteiger partial charge in [-0.1, -0.05) is 49.6 Å². The molecule has 46 heavy (non-hydrogen) atoms. The van der Waals surface area contributed by atoms with Crippen LogP contribution in [0.1, 0.15) is 60.6 Å². The van der Waals surface area contributed by atoms with Gasteiger partial charge in [-0.15, -0.1) is 11.3 Å². The Morgan fingerprint density at radius 2 is 1.70 bits per heavy atom. The lowest BCUT2D eigenvalue weighted by Crippen LogP contribution is -2.58. The number of amides is 4. The van der Waals surface area contributed by atoms with E-state index in [2.05, 4.69) is 36.6 Å². The van der Waals surface area contributed by atoms with Crippen LogP contribution in [0.2, 0.25) is 0 Å². The molecule has 0 bridgehead atoms. The number of ketones is 1. The number of nitrogens with two attached hydrogens (primary N) is 1. The van der Waals surface area contributed by atoms with Crippen LogP contribution < -0.4 is 37.8 Å². The second kappa shape index (κ2) is 17.6. The Hall–Kier alpha value is -4.79. The number of nitrogens with one attached hydrogen (secondary N) is 6. The third-order valence-corrected chi connectivity index (χ3v) is 8.01. The van der Waals surface area contributed by atoms with E-state index in [0.29, 0.717) is 18.5 Å². The average molecular weight is 648 g/mol. The molecule has 3 rings (SSSR count). The van der Waals surface area contributed by atoms with Gasteiger partial charge in [-0.05, 0) is 42.9 Å². The predicted octanol–water partition coefficient (Wildman–Crippen LogP) is 0.540. The molecule has 4 amide bonds. The molecule has 0 spiro atoms. The summed E-state index contributed by atoms with van der Waals surface area (Å²) in [6.07, 6.45) is 5.56. The molecule has 244 valence electrons. The summed E-state index contributed by atoms with van der Waals surface area (Å²) in [5.41, 5.74) is 8.08. The van der Waals surface area contributed by atoms with Gasteiger partial charge in [-0.25, -0.2) is 9.78 Å². The number of carbonyl (C=O) groups is 4. The van der Waals surface area contributed by atoms with E-state index in [1.165, 1.54) is 17.5 Å². The van der Waals surface area contributed by atoms with Crippen LogP contribution in [0.15, 0.2) is 60.4 Å². The van der Waals surface area contributed by atoms with Crippen LogP contribution in [0.4, 0.5) is 4.79 Å². The van der Waals surface area contributed by atoms with E-state index in [1.54, 1.807) is 43.8 Å². The average Bonchev–Trinajstić information content (AvgIpc) is 3.56. The van der Waals surface area contributed by atoms with E-state index in [4.69, 9.17) is 11.1 Å². The maximum absolute atomic E-state index is 13.7. The fourth-order valence-corrected chi connectivity index (χ4v) is 5.27. The van der Waals surface area contributed by atoms with Crippen molar-refractivity contribution in [1.29, 1.82) is 5.41 Å². The predicted molar refractivity (Wildman–Crippen MR) is 181 cm³/mol. The summed E-state index contributed by atoms with van der Waals surface area (Å²) in [5, 5.41) is 23.2. The van der Waals surface area contributed by atoms with Gasteiger partial charge in [-0.2, -0.15) is 0 Å². The summed E-state index contributed by atoms with van der Waals surface area (Å²) in [6.45, 7) is 5.74. The number of carbonyl (C=O) groups excluding carboxylic acids is 4. The van der Waals surface area contributed by atoms with Gasteiger partial charge in [0.25, 0.3) is 0 Å². The molecule has 13 nitrogen and oxygen atoms in total. The number of hydrogen-bond donors (Lipinski definition) is 7. The molecule has 3 aromatic rings. The van der Waals surface area contributed by atoms with Crippen LogP contribution in [0.5, 0.6) is 0 Å². The molecule has 1 aromatic carbocycles. The lowest BCUT2D eigenvalue weighted by atomic mass is 9.94. The highest BCUT2D eigenvalue weighted by molar-refractivity contribution is 7.11. The van der Waals surface area contributed by atoms with Crippen LogP contribution >= 0.6 is 11.3 Å². The van der Waals surface area contributed by atoms with E-state index in [9.17, 15) is 19.2 Å². The summed E-state index contributed by atoms with van der Waals surface area (Å²) in [4.78, 5) is 61.8. The molecule has 2 aromatic heterocycles. The normalized spacial score (nSPS) is 13.5. The van der Waals surface area contributed by atoms with E-state index < -0.39 is 36.0 Å². The second-order valence-corrected chi connectivity index (χ2v) is 12.2. The van der Waals surface area contributed by atoms with Crippen LogP contribution in [-0.4, -0.2) is 72.1 Å². The summed E-state index contributed by atoms with van der Waals surface area (Å²) in [5.74, 6) is -2.01. The minimum atomic E-state index is -1.03. The lowest BCUT2D eigenvalue weighted by Gasteiger charge is -2.27. The first-order valence-corrected chi connectivity index (χ1v) is 16.0. The Balaban J connectivity index is 1.74. The Bertz CT molecular complexity index is 1460. The zero-order chi connectivity index (χ0) is 33.6. The highest BCUT2D eigenvalue weighted by atomic mass is 32.1. The first-order valence-electron chi connectivity index (χ1n) is 15.1. The number of hydrogen-bond acceptors (Lipinski definition) is 8. The molecule has 0 aliphatic carbocycles. The summed E-state index contributed by atoms with van der Waals surface area (Å²) >= 11 is 1.17. The highest BCUT2D eigenvalue weighted by Gasteiger charge is 2.32. The van der Waals surface area contributed by atoms with Crippen molar-refractivity contribution in [3.8, 4) is 0 Å². The molecule has 4 atom stereocenters. The number of guanidine groups is 1. The molecule has 8 N–H and O–H groups in total. The number of nitrogens with zero attached hydrogens (tertiary/aromatic N) is 2. The molecular weight excluding hydrogens is 605 g/mol. The Labute approximate surface area is 273 Å². The topological polar surface area (TPSA) is 204 Å². The SMILES string of the molecule is Bc1ccc([C@@H](C)NC(=O)N[C@@H](Cc2cccnc2)C(=O)N[C@H](C(=O)N[C@@H](CCCNC(=N)N)C(=O)c2nccs2)C(C)C)cc1. The first kappa shape index (κ1) is 35.7. The number of urea groups is 1. The fourth-order valence-electron chi connectivity index (χ4n) is 4.64. The van der Waals surface area contributed by atoms with Gasteiger partial charge < -0.3 is 32.3 Å². The van der Waals surface area contributed by atoms with Crippen LogP contribution in [0.3, 0.4) is 0 Å². The third kappa shape index (κ3) is 11.3. The van der Waals surface area contributed by atoms with Crippen LogP contribution in [0, 0.1) is 11.3 Å². The first-order chi connectivity index (χ1) is 21.9. The minimum absolute atomic E-state index is 0.132. The maximum Gasteiger partial charge on any atom is 0.315 e. The molecule has 0 aliphatic rings. The van der Waals surface area contributed by atoms with Crippen molar-refractivity contribution in [2.75, 3.05) is 6.54 Å². The maximum atomic E-state index is 13.7. The third-order valence-electron chi connectivity index (χ3n) is 7.22. The Morgan fingerprint density at radius 1 is 0.957 bits per heavy atom. The Morgan fingerprint density at radius 3 is 2.30 bits per heavy atom. The molecule has 0 unspecified atom stereocenters. The highest BCUT2D eigenvalue weighted by Crippen LogP contribution is 2.14. The van der Waals surface area contributed by atoms with Crippen LogP contribution in [0.25, 0.3) is 0 Å². The van der Waals surface area contributed by atoms with Gasteiger partial charge >= 0.3 is 6.03 Å². The molecule has 0 fully saturated rings. The van der Waals surface area contributed by atoms with E-state index >= 15 is 0 Å². The van der Waals surface area contributed by atoms with Gasteiger partial charge in [0, 0.05) is 36.9 Å². The van der Waals surface area contributed by atoms with Gasteiger partial charge in [0.2, 0.25) is 17.6 Å². The zero-order valence-corrected chi connectivity index (χ0v) is 27.3. The largest absolute Gasteiger partial charge is 0.370 e. The van der Waals surface area contributed by atoms with Crippen molar-refractivity contribution in [1.82, 2.24) is 36.6 Å². The smallest absolute Gasteiger partial charge is 0.315 e. The number of aromatic nitrogens is 2. The van der Waals surface area contributed by atoms with Gasteiger partial charge in [0.05, 0.1) is 12.1 Å². The van der Waals surface area contributed by atoms with Crippen molar-refractivity contribution in [3.05, 3.63) is 76.5 Å².